The van der Waals surface area contributed by atoms with Crippen molar-refractivity contribution in [1.29, 1.82) is 0 Å². The third-order valence-corrected chi connectivity index (χ3v) is 7.47. The van der Waals surface area contributed by atoms with E-state index in [0.717, 1.165) is 20.2 Å². The molecule has 0 aliphatic rings. The first-order chi connectivity index (χ1) is 18.4. The highest BCUT2D eigenvalue weighted by atomic mass is 32.2. The number of benzene rings is 4. The molecule has 0 aliphatic heterocycles. The lowest BCUT2D eigenvalue weighted by Gasteiger charge is -2.12. The van der Waals surface area contributed by atoms with Crippen molar-refractivity contribution in [2.45, 2.75) is 34.0 Å². The zero-order chi connectivity index (χ0) is 28.0. The van der Waals surface area contributed by atoms with E-state index in [4.69, 9.17) is 14.2 Å². The van der Waals surface area contributed by atoms with E-state index >= 15 is 0 Å². The van der Waals surface area contributed by atoms with Gasteiger partial charge in [-0.25, -0.2) is 0 Å². The largest absolute Gasteiger partial charge is 0.484 e. The SMILES string of the molecule is Cc1ccc(Oc2ccc([S+](c3ccc(OCC(F)(F)F)cc3)c3ccc(OCC(F)(F)F)cc3)cc2)cc1. The van der Waals surface area contributed by atoms with Crippen molar-refractivity contribution in [2.75, 3.05) is 13.2 Å². The van der Waals surface area contributed by atoms with Crippen LogP contribution in [-0.4, -0.2) is 25.6 Å². The summed E-state index contributed by atoms with van der Waals surface area (Å²) in [5, 5.41) is 0. The number of halogens is 6. The Kier molecular flexibility index (Phi) is 8.64. The Labute approximate surface area is 224 Å². The number of hydrogen-bond acceptors (Lipinski definition) is 3. The monoisotopic (exact) mass is 565 g/mol. The third-order valence-electron chi connectivity index (χ3n) is 5.24. The summed E-state index contributed by atoms with van der Waals surface area (Å²) in [6.45, 7) is -0.830. The Morgan fingerprint density at radius 1 is 0.487 bits per heavy atom. The van der Waals surface area contributed by atoms with E-state index in [1.807, 2.05) is 43.3 Å². The van der Waals surface area contributed by atoms with E-state index in [9.17, 15) is 26.3 Å². The quantitative estimate of drug-likeness (QED) is 0.150. The number of hydrogen-bond donors (Lipinski definition) is 0. The highest BCUT2D eigenvalue weighted by Crippen LogP contribution is 2.35. The van der Waals surface area contributed by atoms with Gasteiger partial charge in [0, 0.05) is 0 Å². The zero-order valence-corrected chi connectivity index (χ0v) is 21.4. The van der Waals surface area contributed by atoms with Crippen molar-refractivity contribution in [2.24, 2.45) is 0 Å². The molecule has 0 radical (unpaired) electrons. The molecule has 204 valence electrons. The smallest absolute Gasteiger partial charge is 0.422 e. The van der Waals surface area contributed by atoms with Crippen LogP contribution in [0.15, 0.2) is 112 Å². The first kappa shape index (κ1) is 28.2. The molecule has 0 heterocycles. The van der Waals surface area contributed by atoms with Gasteiger partial charge in [-0.15, -0.1) is 0 Å². The molecule has 3 nitrogen and oxygen atoms in total. The van der Waals surface area contributed by atoms with Crippen LogP contribution < -0.4 is 14.2 Å². The van der Waals surface area contributed by atoms with Crippen LogP contribution in [0.3, 0.4) is 0 Å². The molecule has 0 atom stereocenters. The van der Waals surface area contributed by atoms with Gasteiger partial charge in [0.05, 0.1) is 10.9 Å². The van der Waals surface area contributed by atoms with Crippen molar-refractivity contribution in [3.8, 4) is 23.0 Å². The topological polar surface area (TPSA) is 27.7 Å². The molecule has 4 rings (SSSR count). The normalized spacial score (nSPS) is 11.9. The van der Waals surface area contributed by atoms with E-state index < -0.39 is 36.5 Å². The zero-order valence-electron chi connectivity index (χ0n) is 20.6. The van der Waals surface area contributed by atoms with Crippen LogP contribution in [0, 0.1) is 6.92 Å². The summed E-state index contributed by atoms with van der Waals surface area (Å²) in [5.74, 6) is 1.42. The fourth-order valence-electron chi connectivity index (χ4n) is 3.47. The van der Waals surface area contributed by atoms with Gasteiger partial charge in [-0.1, -0.05) is 17.7 Å². The molecule has 4 aromatic rings. The molecule has 0 N–H and O–H groups in total. The minimum absolute atomic E-state index is 0.0670. The summed E-state index contributed by atoms with van der Waals surface area (Å²) >= 11 is 0. The van der Waals surface area contributed by atoms with E-state index in [2.05, 4.69) is 0 Å². The van der Waals surface area contributed by atoms with E-state index in [0.29, 0.717) is 11.5 Å². The Morgan fingerprint density at radius 3 is 1.13 bits per heavy atom. The van der Waals surface area contributed by atoms with E-state index in [-0.39, 0.29) is 11.5 Å². The number of rotatable bonds is 9. The Balaban J connectivity index is 1.60. The lowest BCUT2D eigenvalue weighted by atomic mass is 10.2. The average molecular weight is 566 g/mol. The molecular formula is C29H23F6O3S+. The molecule has 0 bridgehead atoms. The Bertz CT molecular complexity index is 1270. The maximum atomic E-state index is 12.5. The van der Waals surface area contributed by atoms with Gasteiger partial charge in [-0.05, 0) is 91.9 Å². The maximum Gasteiger partial charge on any atom is 0.422 e. The molecule has 0 saturated carbocycles. The highest BCUT2D eigenvalue weighted by Gasteiger charge is 2.31. The van der Waals surface area contributed by atoms with Crippen molar-refractivity contribution >= 4 is 10.9 Å². The van der Waals surface area contributed by atoms with E-state index in [1.54, 1.807) is 36.4 Å². The van der Waals surface area contributed by atoms with Crippen molar-refractivity contribution in [1.82, 2.24) is 0 Å². The number of aryl methyl sites for hydroxylation is 1. The van der Waals surface area contributed by atoms with Crippen LogP contribution in [0.25, 0.3) is 0 Å². The maximum absolute atomic E-state index is 12.5. The van der Waals surface area contributed by atoms with Crippen molar-refractivity contribution in [3.63, 3.8) is 0 Å². The molecule has 4 aromatic carbocycles. The van der Waals surface area contributed by atoms with Gasteiger partial charge in [0.25, 0.3) is 0 Å². The summed E-state index contributed by atoms with van der Waals surface area (Å²) < 4.78 is 90.7. The van der Waals surface area contributed by atoms with Crippen LogP contribution in [-0.2, 0) is 10.9 Å². The third kappa shape index (κ3) is 8.61. The van der Waals surface area contributed by atoms with Crippen molar-refractivity contribution < 1.29 is 40.6 Å². The molecule has 0 unspecified atom stereocenters. The predicted molar refractivity (Wildman–Crippen MR) is 136 cm³/mol. The molecule has 0 aliphatic carbocycles. The summed E-state index contributed by atoms with van der Waals surface area (Å²) in [7, 11) is -0.742. The standard InChI is InChI=1S/C29H23F6O3S/c1-20-2-4-23(5-3-20)38-24-10-16-27(17-11-24)39(25-12-6-21(7-13-25)36-18-28(30,31)32)26-14-8-22(9-15-26)37-19-29(33,34)35/h2-17H,18-19H2,1H3/q+1. The molecule has 10 heteroatoms. The lowest BCUT2D eigenvalue weighted by molar-refractivity contribution is -0.154. The average Bonchev–Trinajstić information content (AvgIpc) is 2.89. The summed E-state index contributed by atoms with van der Waals surface area (Å²) in [5.41, 5.74) is 1.10. The van der Waals surface area contributed by atoms with Gasteiger partial charge in [0.1, 0.15) is 23.0 Å². The van der Waals surface area contributed by atoms with Gasteiger partial charge >= 0.3 is 12.4 Å². The summed E-state index contributed by atoms with van der Waals surface area (Å²) in [6.07, 6.45) is -8.91. The first-order valence-electron chi connectivity index (χ1n) is 11.6. The second-order valence-electron chi connectivity index (χ2n) is 8.44. The van der Waals surface area contributed by atoms with Gasteiger partial charge in [-0.2, -0.15) is 26.3 Å². The van der Waals surface area contributed by atoms with Crippen LogP contribution in [0.2, 0.25) is 0 Å². The van der Waals surface area contributed by atoms with Crippen LogP contribution in [0.5, 0.6) is 23.0 Å². The minimum Gasteiger partial charge on any atom is -0.484 e. The molecule has 0 aromatic heterocycles. The Morgan fingerprint density at radius 2 is 0.795 bits per heavy atom. The molecule has 0 saturated heterocycles. The second kappa shape index (κ2) is 11.9. The van der Waals surface area contributed by atoms with E-state index in [1.165, 1.54) is 24.3 Å². The van der Waals surface area contributed by atoms with Crippen LogP contribution in [0.1, 0.15) is 5.56 Å². The van der Waals surface area contributed by atoms with Crippen LogP contribution >= 0.6 is 0 Å². The molecular weight excluding hydrogens is 542 g/mol. The van der Waals surface area contributed by atoms with Crippen LogP contribution in [0.4, 0.5) is 26.3 Å². The Hall–Kier alpha value is -3.79. The number of ether oxygens (including phenoxy) is 3. The molecule has 0 amide bonds. The number of alkyl halides is 6. The predicted octanol–water partition coefficient (Wildman–Crippen LogP) is 8.76. The van der Waals surface area contributed by atoms with Gasteiger partial charge in [-0.3, -0.25) is 0 Å². The van der Waals surface area contributed by atoms with Gasteiger partial charge in [0.15, 0.2) is 27.9 Å². The molecule has 0 spiro atoms. The first-order valence-corrected chi connectivity index (χ1v) is 12.9. The molecule has 0 fully saturated rings. The lowest BCUT2D eigenvalue weighted by Crippen LogP contribution is -2.19. The second-order valence-corrected chi connectivity index (χ2v) is 10.5. The minimum atomic E-state index is -4.46. The van der Waals surface area contributed by atoms with Gasteiger partial charge < -0.3 is 14.2 Å². The molecule has 39 heavy (non-hydrogen) atoms. The van der Waals surface area contributed by atoms with Crippen molar-refractivity contribution in [3.05, 3.63) is 103 Å². The fraction of sp³-hybridized carbons (Fsp3) is 0.172. The summed E-state index contributed by atoms with van der Waals surface area (Å²) in [4.78, 5) is 2.40. The van der Waals surface area contributed by atoms with Gasteiger partial charge in [0.2, 0.25) is 0 Å². The highest BCUT2D eigenvalue weighted by molar-refractivity contribution is 7.97. The fourth-order valence-corrected chi connectivity index (χ4v) is 5.51. The summed E-state index contributed by atoms with van der Waals surface area (Å²) in [6, 6.07) is 27.4.